The molecule has 0 bridgehead atoms. The second-order valence-corrected chi connectivity index (χ2v) is 7.54. The summed E-state index contributed by atoms with van der Waals surface area (Å²) in [6, 6.07) is 0. The van der Waals surface area contributed by atoms with Gasteiger partial charge in [-0.1, -0.05) is 27.7 Å². The van der Waals surface area contributed by atoms with Crippen molar-refractivity contribution in [1.29, 1.82) is 0 Å². The van der Waals surface area contributed by atoms with Gasteiger partial charge in [-0.3, -0.25) is 9.79 Å². The van der Waals surface area contributed by atoms with Crippen molar-refractivity contribution >= 4 is 11.9 Å². The van der Waals surface area contributed by atoms with Crippen molar-refractivity contribution < 1.29 is 9.53 Å². The van der Waals surface area contributed by atoms with Gasteiger partial charge in [0.2, 0.25) is 5.91 Å². The van der Waals surface area contributed by atoms with Crippen LogP contribution < -0.4 is 16.0 Å². The highest BCUT2D eigenvalue weighted by Gasteiger charge is 2.35. The van der Waals surface area contributed by atoms with Crippen LogP contribution >= 0.6 is 0 Å². The highest BCUT2D eigenvalue weighted by atomic mass is 16.5. The van der Waals surface area contributed by atoms with Crippen LogP contribution in [0.25, 0.3) is 0 Å². The third kappa shape index (κ3) is 7.51. The molecule has 1 amide bonds. The van der Waals surface area contributed by atoms with E-state index in [-0.39, 0.29) is 17.4 Å². The summed E-state index contributed by atoms with van der Waals surface area (Å²) in [6.07, 6.45) is 3.96. The highest BCUT2D eigenvalue weighted by Crippen LogP contribution is 2.33. The molecular weight excluding hydrogens is 304 g/mol. The molecule has 0 spiro atoms. The van der Waals surface area contributed by atoms with E-state index in [4.69, 9.17) is 4.74 Å². The molecule has 1 saturated heterocycles. The van der Waals surface area contributed by atoms with Crippen LogP contribution in [-0.2, 0) is 9.53 Å². The van der Waals surface area contributed by atoms with E-state index in [1.807, 2.05) is 6.92 Å². The SMILES string of the molecule is CCCNC(=O)CCNC(=NC)NCC1CCCOC1C(C)(C)C. The van der Waals surface area contributed by atoms with Gasteiger partial charge in [-0.2, -0.15) is 0 Å². The maximum Gasteiger partial charge on any atom is 0.221 e. The zero-order chi connectivity index (χ0) is 18.0. The second kappa shape index (κ2) is 10.5. The number of carbonyl (C=O) groups is 1. The molecule has 1 aliphatic rings. The predicted molar refractivity (Wildman–Crippen MR) is 99.2 cm³/mol. The Morgan fingerprint density at radius 1 is 1.21 bits per heavy atom. The minimum absolute atomic E-state index is 0.0771. The van der Waals surface area contributed by atoms with Crippen molar-refractivity contribution in [2.45, 2.75) is 59.5 Å². The Balaban J connectivity index is 2.36. The van der Waals surface area contributed by atoms with E-state index in [0.29, 0.717) is 18.9 Å². The molecule has 2 unspecified atom stereocenters. The maximum atomic E-state index is 11.6. The zero-order valence-electron chi connectivity index (χ0n) is 16.1. The summed E-state index contributed by atoms with van der Waals surface area (Å²) in [5, 5.41) is 9.47. The summed E-state index contributed by atoms with van der Waals surface area (Å²) in [5.74, 6) is 1.30. The molecule has 6 nitrogen and oxygen atoms in total. The van der Waals surface area contributed by atoms with E-state index >= 15 is 0 Å². The number of carbonyl (C=O) groups excluding carboxylic acids is 1. The lowest BCUT2D eigenvalue weighted by Gasteiger charge is -2.40. The summed E-state index contributed by atoms with van der Waals surface area (Å²) in [5.41, 5.74) is 0.140. The number of nitrogens with one attached hydrogen (secondary N) is 3. The van der Waals surface area contributed by atoms with Crippen LogP contribution in [0.2, 0.25) is 0 Å². The summed E-state index contributed by atoms with van der Waals surface area (Å²) >= 11 is 0. The molecular formula is C18H36N4O2. The van der Waals surface area contributed by atoms with Gasteiger partial charge in [0.15, 0.2) is 5.96 Å². The van der Waals surface area contributed by atoms with E-state index in [0.717, 1.165) is 38.5 Å². The lowest BCUT2D eigenvalue weighted by atomic mass is 9.78. The van der Waals surface area contributed by atoms with Gasteiger partial charge in [-0.15, -0.1) is 0 Å². The van der Waals surface area contributed by atoms with Crippen LogP contribution in [0, 0.1) is 11.3 Å². The van der Waals surface area contributed by atoms with E-state index < -0.39 is 0 Å². The van der Waals surface area contributed by atoms with Gasteiger partial charge in [0, 0.05) is 45.6 Å². The van der Waals surface area contributed by atoms with Crippen LogP contribution in [0.1, 0.15) is 53.4 Å². The molecule has 0 aromatic carbocycles. The average Bonchev–Trinajstić information content (AvgIpc) is 2.55. The molecule has 1 rings (SSSR count). The van der Waals surface area contributed by atoms with Gasteiger partial charge in [0.25, 0.3) is 0 Å². The quantitative estimate of drug-likeness (QED) is 0.489. The van der Waals surface area contributed by atoms with Gasteiger partial charge >= 0.3 is 0 Å². The van der Waals surface area contributed by atoms with Crippen molar-refractivity contribution in [3.05, 3.63) is 0 Å². The minimum Gasteiger partial charge on any atom is -0.377 e. The summed E-state index contributed by atoms with van der Waals surface area (Å²) in [6.45, 7) is 11.8. The molecule has 6 heteroatoms. The fourth-order valence-corrected chi connectivity index (χ4v) is 3.11. The first-order valence-electron chi connectivity index (χ1n) is 9.21. The summed E-state index contributed by atoms with van der Waals surface area (Å²) in [7, 11) is 1.76. The third-order valence-electron chi connectivity index (χ3n) is 4.27. The van der Waals surface area contributed by atoms with Gasteiger partial charge in [-0.05, 0) is 24.7 Å². The zero-order valence-corrected chi connectivity index (χ0v) is 16.1. The fourth-order valence-electron chi connectivity index (χ4n) is 3.11. The molecule has 2 atom stereocenters. The predicted octanol–water partition coefficient (Wildman–Crippen LogP) is 1.91. The van der Waals surface area contributed by atoms with Crippen LogP contribution in [0.15, 0.2) is 4.99 Å². The standard InChI is InChI=1S/C18H36N4O2/c1-6-10-20-15(23)9-11-21-17(19-5)22-13-14-8-7-12-24-16(14)18(2,3)4/h14,16H,6-13H2,1-5H3,(H,20,23)(H2,19,21,22). The molecule has 1 fully saturated rings. The Morgan fingerprint density at radius 3 is 2.58 bits per heavy atom. The lowest BCUT2D eigenvalue weighted by Crippen LogP contribution is -2.47. The number of guanidine groups is 1. The summed E-state index contributed by atoms with van der Waals surface area (Å²) in [4.78, 5) is 15.8. The van der Waals surface area contributed by atoms with Crippen molar-refractivity contribution in [2.24, 2.45) is 16.3 Å². The first-order chi connectivity index (χ1) is 11.4. The molecule has 1 aliphatic heterocycles. The molecule has 0 aromatic heterocycles. The van der Waals surface area contributed by atoms with Gasteiger partial charge in [0.05, 0.1) is 6.10 Å². The Hall–Kier alpha value is -1.30. The number of aliphatic imine (C=N–C) groups is 1. The first-order valence-corrected chi connectivity index (χ1v) is 9.21. The Morgan fingerprint density at radius 2 is 1.96 bits per heavy atom. The third-order valence-corrected chi connectivity index (χ3v) is 4.27. The number of hydrogen-bond donors (Lipinski definition) is 3. The second-order valence-electron chi connectivity index (χ2n) is 7.54. The number of amides is 1. The van der Waals surface area contributed by atoms with Gasteiger partial charge in [-0.25, -0.2) is 0 Å². The fraction of sp³-hybridized carbons (Fsp3) is 0.889. The minimum atomic E-state index is 0.0771. The van der Waals surface area contributed by atoms with Crippen molar-refractivity contribution in [1.82, 2.24) is 16.0 Å². The Labute approximate surface area is 147 Å². The lowest BCUT2D eigenvalue weighted by molar-refractivity contribution is -0.120. The molecule has 0 aliphatic carbocycles. The van der Waals surface area contributed by atoms with Crippen LogP contribution in [0.4, 0.5) is 0 Å². The maximum absolute atomic E-state index is 11.6. The average molecular weight is 341 g/mol. The topological polar surface area (TPSA) is 74.8 Å². The molecule has 24 heavy (non-hydrogen) atoms. The number of nitrogens with zero attached hydrogens (tertiary/aromatic N) is 1. The van der Waals surface area contributed by atoms with E-state index in [9.17, 15) is 4.79 Å². The molecule has 140 valence electrons. The largest absolute Gasteiger partial charge is 0.377 e. The van der Waals surface area contributed by atoms with Crippen LogP contribution in [0.5, 0.6) is 0 Å². The van der Waals surface area contributed by atoms with Crippen molar-refractivity contribution in [3.8, 4) is 0 Å². The molecule has 0 radical (unpaired) electrons. The van der Waals surface area contributed by atoms with Gasteiger partial charge < -0.3 is 20.7 Å². The van der Waals surface area contributed by atoms with Crippen LogP contribution in [0.3, 0.4) is 0 Å². The smallest absolute Gasteiger partial charge is 0.221 e. The van der Waals surface area contributed by atoms with E-state index in [2.05, 4.69) is 41.7 Å². The van der Waals surface area contributed by atoms with E-state index in [1.54, 1.807) is 7.05 Å². The number of hydrogen-bond acceptors (Lipinski definition) is 3. The number of ether oxygens (including phenoxy) is 1. The Kier molecular flexibility index (Phi) is 9.11. The first kappa shape index (κ1) is 20.7. The Bertz CT molecular complexity index is 404. The number of rotatable bonds is 7. The normalized spacial score (nSPS) is 22.1. The van der Waals surface area contributed by atoms with Gasteiger partial charge in [0.1, 0.15) is 0 Å². The highest BCUT2D eigenvalue weighted by molar-refractivity contribution is 5.81. The monoisotopic (exact) mass is 340 g/mol. The van der Waals surface area contributed by atoms with Crippen LogP contribution in [-0.4, -0.2) is 51.3 Å². The van der Waals surface area contributed by atoms with E-state index in [1.165, 1.54) is 6.42 Å². The van der Waals surface area contributed by atoms with Crippen molar-refractivity contribution in [3.63, 3.8) is 0 Å². The molecule has 3 N–H and O–H groups in total. The summed E-state index contributed by atoms with van der Waals surface area (Å²) < 4.78 is 6.02. The molecule has 1 heterocycles. The molecule has 0 aromatic rings. The van der Waals surface area contributed by atoms with Crippen molar-refractivity contribution in [2.75, 3.05) is 33.3 Å². The molecule has 0 saturated carbocycles.